The maximum atomic E-state index is 11.7. The van der Waals surface area contributed by atoms with Gasteiger partial charge in [0.25, 0.3) is 11.8 Å². The molecule has 1 heterocycles. The number of hydrogen-bond acceptors (Lipinski definition) is 6. The Morgan fingerprint density at radius 1 is 1.15 bits per heavy atom. The van der Waals surface area contributed by atoms with Crippen LogP contribution in [0.25, 0.3) is 22.8 Å². The zero-order valence-electron chi connectivity index (χ0n) is 15.3. The normalized spacial score (nSPS) is 10.6. The minimum atomic E-state index is -0.211. The molecule has 0 radical (unpaired) electrons. The van der Waals surface area contributed by atoms with Gasteiger partial charge in [0.1, 0.15) is 5.75 Å². The van der Waals surface area contributed by atoms with E-state index in [9.17, 15) is 4.79 Å². The molecule has 1 amide bonds. The van der Waals surface area contributed by atoms with Gasteiger partial charge in [0.2, 0.25) is 5.82 Å². The van der Waals surface area contributed by atoms with E-state index in [0.29, 0.717) is 30.6 Å². The van der Waals surface area contributed by atoms with Crippen molar-refractivity contribution in [2.24, 2.45) is 0 Å². The van der Waals surface area contributed by atoms with Crippen molar-refractivity contribution in [2.45, 2.75) is 6.92 Å². The molecule has 1 N–H and O–H groups in total. The third-order valence-corrected chi connectivity index (χ3v) is 3.82. The summed E-state index contributed by atoms with van der Waals surface area (Å²) in [6.45, 7) is 2.85. The maximum absolute atomic E-state index is 11.7. The second-order valence-corrected chi connectivity index (χ2v) is 5.95. The summed E-state index contributed by atoms with van der Waals surface area (Å²) in [5.74, 6) is 1.25. The second-order valence-electron chi connectivity index (χ2n) is 5.95. The van der Waals surface area contributed by atoms with E-state index in [1.54, 1.807) is 19.2 Å². The Hall–Kier alpha value is -3.19. The minimum Gasteiger partial charge on any atom is -0.484 e. The van der Waals surface area contributed by atoms with Gasteiger partial charge in [-0.15, -0.1) is 0 Å². The highest BCUT2D eigenvalue weighted by atomic mass is 16.5. The van der Waals surface area contributed by atoms with E-state index in [-0.39, 0.29) is 12.5 Å². The lowest BCUT2D eigenvalue weighted by Crippen LogP contribution is -2.31. The molecule has 0 aliphatic heterocycles. The van der Waals surface area contributed by atoms with Crippen molar-refractivity contribution in [3.8, 4) is 28.6 Å². The molecule has 140 valence electrons. The molecule has 0 fully saturated rings. The smallest absolute Gasteiger partial charge is 0.258 e. The van der Waals surface area contributed by atoms with Crippen LogP contribution in [0.1, 0.15) is 5.56 Å². The molecule has 0 saturated heterocycles. The number of aryl methyl sites for hydroxylation is 1. The molecule has 0 spiro atoms. The Kier molecular flexibility index (Phi) is 6.17. The number of nitrogens with one attached hydrogen (secondary N) is 1. The van der Waals surface area contributed by atoms with Gasteiger partial charge < -0.3 is 19.3 Å². The first-order valence-electron chi connectivity index (χ1n) is 8.55. The standard InChI is InChI=1S/C20H21N3O4/c1-14-6-8-15(9-7-14)19-22-20(27-23-19)16-4-3-5-17(12-16)26-13-18(24)21-10-11-25-2/h3-9,12H,10-11,13H2,1-2H3,(H,21,24). The molecule has 0 aliphatic carbocycles. The van der Waals surface area contributed by atoms with Gasteiger partial charge in [-0.3, -0.25) is 4.79 Å². The molecule has 27 heavy (non-hydrogen) atoms. The highest BCUT2D eigenvalue weighted by Gasteiger charge is 2.11. The topological polar surface area (TPSA) is 86.5 Å². The zero-order chi connectivity index (χ0) is 19.1. The van der Waals surface area contributed by atoms with Crippen molar-refractivity contribution in [2.75, 3.05) is 26.9 Å². The van der Waals surface area contributed by atoms with Crippen molar-refractivity contribution in [3.05, 3.63) is 54.1 Å². The number of hydrogen-bond donors (Lipinski definition) is 1. The fraction of sp³-hybridized carbons (Fsp3) is 0.250. The summed E-state index contributed by atoms with van der Waals surface area (Å²) in [6.07, 6.45) is 0. The van der Waals surface area contributed by atoms with E-state index in [2.05, 4.69) is 15.5 Å². The first kappa shape index (κ1) is 18.6. The average Bonchev–Trinajstić information content (AvgIpc) is 3.18. The Morgan fingerprint density at radius 3 is 2.74 bits per heavy atom. The third-order valence-electron chi connectivity index (χ3n) is 3.82. The fourth-order valence-electron chi connectivity index (χ4n) is 2.37. The van der Waals surface area contributed by atoms with Crippen LogP contribution >= 0.6 is 0 Å². The molecule has 0 atom stereocenters. The van der Waals surface area contributed by atoms with Crippen molar-refractivity contribution < 1.29 is 18.8 Å². The van der Waals surface area contributed by atoms with E-state index >= 15 is 0 Å². The Balaban J connectivity index is 1.65. The number of carbonyl (C=O) groups is 1. The van der Waals surface area contributed by atoms with E-state index in [4.69, 9.17) is 14.0 Å². The molecule has 3 rings (SSSR count). The fourth-order valence-corrected chi connectivity index (χ4v) is 2.37. The monoisotopic (exact) mass is 367 g/mol. The lowest BCUT2D eigenvalue weighted by Gasteiger charge is -2.07. The highest BCUT2D eigenvalue weighted by Crippen LogP contribution is 2.25. The first-order valence-corrected chi connectivity index (χ1v) is 8.55. The molecule has 0 bridgehead atoms. The number of ether oxygens (including phenoxy) is 2. The van der Waals surface area contributed by atoms with Crippen LogP contribution in [0, 0.1) is 6.92 Å². The van der Waals surface area contributed by atoms with Crippen LogP contribution in [0.15, 0.2) is 53.1 Å². The summed E-state index contributed by atoms with van der Waals surface area (Å²) in [5.41, 5.74) is 2.77. The van der Waals surface area contributed by atoms with E-state index < -0.39 is 0 Å². The molecule has 2 aromatic carbocycles. The molecule has 0 aliphatic rings. The highest BCUT2D eigenvalue weighted by molar-refractivity contribution is 5.77. The van der Waals surface area contributed by atoms with Gasteiger partial charge in [-0.05, 0) is 25.1 Å². The molecule has 0 unspecified atom stereocenters. The van der Waals surface area contributed by atoms with Crippen LogP contribution in [0.3, 0.4) is 0 Å². The molecular formula is C20H21N3O4. The predicted octanol–water partition coefficient (Wildman–Crippen LogP) is 2.85. The van der Waals surface area contributed by atoms with Gasteiger partial charge in [0.15, 0.2) is 6.61 Å². The minimum absolute atomic E-state index is 0.0778. The summed E-state index contributed by atoms with van der Waals surface area (Å²) in [4.78, 5) is 16.1. The van der Waals surface area contributed by atoms with Gasteiger partial charge >= 0.3 is 0 Å². The lowest BCUT2D eigenvalue weighted by molar-refractivity contribution is -0.123. The van der Waals surface area contributed by atoms with E-state index in [1.807, 2.05) is 43.3 Å². The van der Waals surface area contributed by atoms with E-state index in [0.717, 1.165) is 11.1 Å². The number of amides is 1. The van der Waals surface area contributed by atoms with Gasteiger partial charge in [0, 0.05) is 24.8 Å². The maximum Gasteiger partial charge on any atom is 0.258 e. The number of benzene rings is 2. The average molecular weight is 367 g/mol. The van der Waals surface area contributed by atoms with Crippen LogP contribution in [-0.2, 0) is 9.53 Å². The molecule has 7 nitrogen and oxygen atoms in total. The quantitative estimate of drug-likeness (QED) is 0.616. The predicted molar refractivity (Wildman–Crippen MR) is 100 cm³/mol. The summed E-state index contributed by atoms with van der Waals surface area (Å²) in [6, 6.07) is 15.1. The lowest BCUT2D eigenvalue weighted by atomic mass is 10.1. The van der Waals surface area contributed by atoms with Crippen molar-refractivity contribution in [1.82, 2.24) is 15.5 Å². The molecule has 3 aromatic rings. The summed E-state index contributed by atoms with van der Waals surface area (Å²) in [7, 11) is 1.58. The number of rotatable bonds is 8. The number of carbonyl (C=O) groups excluding carboxylic acids is 1. The van der Waals surface area contributed by atoms with Crippen molar-refractivity contribution in [3.63, 3.8) is 0 Å². The first-order chi connectivity index (χ1) is 13.2. The Bertz CT molecular complexity index is 890. The summed E-state index contributed by atoms with van der Waals surface area (Å²) in [5, 5.41) is 6.73. The van der Waals surface area contributed by atoms with Crippen LogP contribution in [0.4, 0.5) is 0 Å². The number of aromatic nitrogens is 2. The number of methoxy groups -OCH3 is 1. The molecule has 7 heteroatoms. The summed E-state index contributed by atoms with van der Waals surface area (Å²) < 4.78 is 15.8. The summed E-state index contributed by atoms with van der Waals surface area (Å²) >= 11 is 0. The van der Waals surface area contributed by atoms with Gasteiger partial charge in [0.05, 0.1) is 6.61 Å². The molecule has 1 aromatic heterocycles. The largest absolute Gasteiger partial charge is 0.484 e. The number of nitrogens with zero attached hydrogens (tertiary/aromatic N) is 2. The van der Waals surface area contributed by atoms with Gasteiger partial charge in [-0.2, -0.15) is 4.98 Å². The Morgan fingerprint density at radius 2 is 1.96 bits per heavy atom. The van der Waals surface area contributed by atoms with Crippen molar-refractivity contribution >= 4 is 5.91 Å². The Labute approximate surface area is 157 Å². The van der Waals surface area contributed by atoms with Crippen LogP contribution < -0.4 is 10.1 Å². The van der Waals surface area contributed by atoms with Crippen LogP contribution in [-0.4, -0.2) is 42.9 Å². The third kappa shape index (κ3) is 5.15. The van der Waals surface area contributed by atoms with Crippen LogP contribution in [0.5, 0.6) is 5.75 Å². The molecular weight excluding hydrogens is 346 g/mol. The van der Waals surface area contributed by atoms with Gasteiger partial charge in [-0.25, -0.2) is 0 Å². The molecule has 0 saturated carbocycles. The van der Waals surface area contributed by atoms with E-state index in [1.165, 1.54) is 5.56 Å². The second kappa shape index (κ2) is 8.95. The van der Waals surface area contributed by atoms with Gasteiger partial charge in [-0.1, -0.05) is 41.1 Å². The van der Waals surface area contributed by atoms with Crippen molar-refractivity contribution in [1.29, 1.82) is 0 Å². The zero-order valence-corrected chi connectivity index (χ0v) is 15.3. The van der Waals surface area contributed by atoms with Crippen LogP contribution in [0.2, 0.25) is 0 Å². The SMILES string of the molecule is COCCNC(=O)COc1cccc(-c2nc(-c3ccc(C)cc3)no2)c1.